The summed E-state index contributed by atoms with van der Waals surface area (Å²) in [7, 11) is 1.90. The van der Waals surface area contributed by atoms with Gasteiger partial charge in [0.05, 0.1) is 106 Å². The Bertz CT molecular complexity index is 525. The summed E-state index contributed by atoms with van der Waals surface area (Å²) in [6, 6.07) is 9.68. The van der Waals surface area contributed by atoms with Gasteiger partial charge in [0, 0.05) is 6.54 Å². The third-order valence-corrected chi connectivity index (χ3v) is 4.34. The van der Waals surface area contributed by atoms with E-state index >= 15 is 0 Å². The minimum Gasteiger partial charge on any atom is -0.491 e. The highest BCUT2D eigenvalue weighted by Gasteiger charge is 1.96. The first-order valence-corrected chi connectivity index (χ1v) is 12.4. The minimum absolute atomic E-state index is 0.524. The van der Waals surface area contributed by atoms with E-state index in [0.717, 1.165) is 12.3 Å². The second-order valence-electron chi connectivity index (χ2n) is 7.16. The molecule has 0 aromatic heterocycles. The first-order chi connectivity index (χ1) is 17.4. The third-order valence-electron chi connectivity index (χ3n) is 4.34. The fourth-order valence-electron chi connectivity index (χ4n) is 2.55. The number of benzene rings is 1. The van der Waals surface area contributed by atoms with Crippen LogP contribution in [-0.2, 0) is 37.9 Å². The lowest BCUT2D eigenvalue weighted by molar-refractivity contribution is -0.0235. The predicted molar refractivity (Wildman–Crippen MR) is 132 cm³/mol. The van der Waals surface area contributed by atoms with E-state index in [1.807, 2.05) is 37.4 Å². The molecule has 1 aromatic rings. The number of nitrogens with one attached hydrogen (secondary N) is 1. The summed E-state index contributed by atoms with van der Waals surface area (Å²) in [5.41, 5.74) is 0. The van der Waals surface area contributed by atoms with Crippen LogP contribution in [0.15, 0.2) is 30.3 Å². The Kier molecular flexibility index (Phi) is 24.7. The zero-order valence-corrected chi connectivity index (χ0v) is 21.3. The normalized spacial score (nSPS) is 11.2. The maximum atomic E-state index is 5.54. The molecule has 0 bridgehead atoms. The number of para-hydroxylation sites is 1. The smallest absolute Gasteiger partial charge is 0.119 e. The number of hydrogen-bond donors (Lipinski definition) is 1. The van der Waals surface area contributed by atoms with Gasteiger partial charge in [0.15, 0.2) is 0 Å². The average Bonchev–Trinajstić information content (AvgIpc) is 2.89. The molecule has 10 nitrogen and oxygen atoms in total. The van der Waals surface area contributed by atoms with Crippen molar-refractivity contribution in [3.8, 4) is 5.75 Å². The van der Waals surface area contributed by atoms with Crippen LogP contribution in [0.4, 0.5) is 0 Å². The molecule has 0 unspecified atom stereocenters. The van der Waals surface area contributed by atoms with E-state index in [1.54, 1.807) is 0 Å². The molecule has 0 heterocycles. The molecule has 0 saturated heterocycles. The number of ether oxygens (including phenoxy) is 9. The van der Waals surface area contributed by atoms with Gasteiger partial charge in [-0.1, -0.05) is 18.2 Å². The van der Waals surface area contributed by atoms with Gasteiger partial charge in [0.25, 0.3) is 0 Å². The molecule has 0 aliphatic carbocycles. The topological polar surface area (TPSA) is 95.1 Å². The van der Waals surface area contributed by atoms with Crippen LogP contribution in [0.2, 0.25) is 0 Å². The Balaban J connectivity index is 1.63. The molecule has 204 valence electrons. The monoisotopic (exact) mass is 503 g/mol. The van der Waals surface area contributed by atoms with Gasteiger partial charge in [-0.15, -0.1) is 0 Å². The Morgan fingerprint density at radius 2 is 0.743 bits per heavy atom. The van der Waals surface area contributed by atoms with Crippen molar-refractivity contribution in [2.75, 3.05) is 126 Å². The van der Waals surface area contributed by atoms with Crippen LogP contribution in [0.1, 0.15) is 0 Å². The van der Waals surface area contributed by atoms with E-state index in [9.17, 15) is 0 Å². The fourth-order valence-corrected chi connectivity index (χ4v) is 2.55. The van der Waals surface area contributed by atoms with Crippen LogP contribution in [0, 0.1) is 0 Å². The van der Waals surface area contributed by atoms with Crippen molar-refractivity contribution in [3.05, 3.63) is 30.3 Å². The Hall–Kier alpha value is -1.34. The van der Waals surface area contributed by atoms with Gasteiger partial charge in [-0.3, -0.25) is 0 Å². The highest BCUT2D eigenvalue weighted by molar-refractivity contribution is 5.20. The second kappa shape index (κ2) is 27.3. The van der Waals surface area contributed by atoms with E-state index in [4.69, 9.17) is 42.6 Å². The van der Waals surface area contributed by atoms with Crippen molar-refractivity contribution in [1.82, 2.24) is 5.32 Å². The van der Waals surface area contributed by atoms with Crippen molar-refractivity contribution in [3.63, 3.8) is 0 Å². The minimum atomic E-state index is 0.524. The summed E-state index contributed by atoms with van der Waals surface area (Å²) < 4.78 is 49.0. The molecular weight excluding hydrogens is 458 g/mol. The van der Waals surface area contributed by atoms with Crippen molar-refractivity contribution in [2.24, 2.45) is 0 Å². The lowest BCUT2D eigenvalue weighted by atomic mass is 10.3. The Morgan fingerprint density at radius 3 is 1.09 bits per heavy atom. The van der Waals surface area contributed by atoms with E-state index in [2.05, 4.69) is 5.32 Å². The van der Waals surface area contributed by atoms with Gasteiger partial charge in [0.2, 0.25) is 0 Å². The molecule has 0 aliphatic heterocycles. The van der Waals surface area contributed by atoms with E-state index in [1.165, 1.54) is 0 Å². The maximum absolute atomic E-state index is 5.54. The molecule has 0 spiro atoms. The Morgan fingerprint density at radius 1 is 0.429 bits per heavy atom. The first kappa shape index (κ1) is 31.7. The van der Waals surface area contributed by atoms with Crippen molar-refractivity contribution in [2.45, 2.75) is 0 Å². The summed E-state index contributed by atoms with van der Waals surface area (Å²) in [6.45, 7) is 10.2. The molecule has 1 N–H and O–H groups in total. The Labute approximate surface area is 210 Å². The molecular formula is C25H45NO9. The van der Waals surface area contributed by atoms with Crippen LogP contribution in [0.25, 0.3) is 0 Å². The largest absolute Gasteiger partial charge is 0.491 e. The van der Waals surface area contributed by atoms with Gasteiger partial charge in [-0.2, -0.15) is 0 Å². The van der Waals surface area contributed by atoms with Crippen molar-refractivity contribution >= 4 is 0 Å². The average molecular weight is 504 g/mol. The highest BCUT2D eigenvalue weighted by atomic mass is 16.6. The number of rotatable bonds is 28. The van der Waals surface area contributed by atoms with Gasteiger partial charge in [-0.05, 0) is 19.2 Å². The fraction of sp³-hybridized carbons (Fsp3) is 0.760. The van der Waals surface area contributed by atoms with Gasteiger partial charge < -0.3 is 47.9 Å². The second-order valence-corrected chi connectivity index (χ2v) is 7.16. The SMILES string of the molecule is CNCCOCCOCCOCCOCCOCCOCCOCCOCCOc1ccccc1. The van der Waals surface area contributed by atoms with Gasteiger partial charge >= 0.3 is 0 Å². The maximum Gasteiger partial charge on any atom is 0.119 e. The molecule has 1 aromatic carbocycles. The van der Waals surface area contributed by atoms with Crippen LogP contribution in [0.5, 0.6) is 5.75 Å². The van der Waals surface area contributed by atoms with Crippen LogP contribution in [-0.4, -0.2) is 126 Å². The molecule has 0 amide bonds. The summed E-state index contributed by atoms with van der Waals surface area (Å²) in [6.07, 6.45) is 0. The summed E-state index contributed by atoms with van der Waals surface area (Å²) in [5, 5.41) is 3.02. The summed E-state index contributed by atoms with van der Waals surface area (Å²) >= 11 is 0. The van der Waals surface area contributed by atoms with Crippen molar-refractivity contribution in [1.29, 1.82) is 0 Å². The zero-order chi connectivity index (χ0) is 24.9. The lowest BCUT2D eigenvalue weighted by Crippen LogP contribution is -2.17. The first-order valence-electron chi connectivity index (χ1n) is 12.4. The summed E-state index contributed by atoms with van der Waals surface area (Å²) in [5.74, 6) is 0.849. The molecule has 0 fully saturated rings. The van der Waals surface area contributed by atoms with Crippen LogP contribution in [0.3, 0.4) is 0 Å². The number of hydrogen-bond acceptors (Lipinski definition) is 10. The van der Waals surface area contributed by atoms with E-state index < -0.39 is 0 Å². The van der Waals surface area contributed by atoms with Gasteiger partial charge in [0.1, 0.15) is 12.4 Å². The molecule has 0 aliphatic rings. The molecule has 1 rings (SSSR count). The standard InChI is InChI=1S/C25H45NO9/c1-26-7-8-27-9-10-28-11-12-29-13-14-30-15-16-31-17-18-32-19-20-33-21-22-34-23-24-35-25-5-3-2-4-6-25/h2-6,26H,7-24H2,1H3. The van der Waals surface area contributed by atoms with E-state index in [-0.39, 0.29) is 0 Å². The molecule has 10 heteroatoms. The predicted octanol–water partition coefficient (Wildman–Crippen LogP) is 1.42. The lowest BCUT2D eigenvalue weighted by Gasteiger charge is -2.09. The van der Waals surface area contributed by atoms with Crippen LogP contribution >= 0.6 is 0 Å². The third kappa shape index (κ3) is 24.1. The van der Waals surface area contributed by atoms with Crippen molar-refractivity contribution < 1.29 is 42.6 Å². The summed E-state index contributed by atoms with van der Waals surface area (Å²) in [4.78, 5) is 0. The zero-order valence-electron chi connectivity index (χ0n) is 21.3. The van der Waals surface area contributed by atoms with E-state index in [0.29, 0.717) is 112 Å². The molecule has 0 saturated carbocycles. The molecule has 0 atom stereocenters. The number of likely N-dealkylation sites (N-methyl/N-ethyl adjacent to an activating group) is 1. The highest BCUT2D eigenvalue weighted by Crippen LogP contribution is 2.07. The quantitative estimate of drug-likeness (QED) is 0.169. The molecule has 35 heavy (non-hydrogen) atoms. The van der Waals surface area contributed by atoms with Gasteiger partial charge in [-0.25, -0.2) is 0 Å². The van der Waals surface area contributed by atoms with Crippen LogP contribution < -0.4 is 10.1 Å². The molecule has 0 radical (unpaired) electrons.